The van der Waals surface area contributed by atoms with E-state index in [1.807, 2.05) is 17.0 Å². The van der Waals surface area contributed by atoms with Gasteiger partial charge in [-0.1, -0.05) is 17.3 Å². The predicted octanol–water partition coefficient (Wildman–Crippen LogP) is 3.45. The number of methoxy groups -OCH3 is 1. The minimum absolute atomic E-state index is 0.0623. The molecule has 0 saturated carbocycles. The number of aromatic nitrogens is 3. The van der Waals surface area contributed by atoms with Crippen molar-refractivity contribution in [3.05, 3.63) is 57.4 Å². The molecule has 2 aromatic heterocycles. The van der Waals surface area contributed by atoms with Crippen molar-refractivity contribution < 1.29 is 14.1 Å². The normalized spacial score (nSPS) is 15.0. The SMILES string of the molecule is COc1ccc(Cc2nnc(C3CCN(C(=O)c4cc(C)on4)CC3)s2)cc1. The highest BCUT2D eigenvalue weighted by Gasteiger charge is 2.28. The number of aryl methyl sites for hydroxylation is 1. The van der Waals surface area contributed by atoms with Crippen molar-refractivity contribution in [3.8, 4) is 5.75 Å². The molecule has 28 heavy (non-hydrogen) atoms. The standard InChI is InChI=1S/C20H22N4O3S/c1-13-11-17(23-27-13)20(25)24-9-7-15(8-10-24)19-22-21-18(28-19)12-14-3-5-16(26-2)6-4-14/h3-6,11,15H,7-10,12H2,1-2H3. The van der Waals surface area contributed by atoms with E-state index in [0.717, 1.165) is 35.0 Å². The van der Waals surface area contributed by atoms with Gasteiger partial charge in [0.25, 0.3) is 5.91 Å². The van der Waals surface area contributed by atoms with Crippen molar-refractivity contribution in [2.75, 3.05) is 20.2 Å². The van der Waals surface area contributed by atoms with E-state index >= 15 is 0 Å². The molecule has 0 unspecified atom stereocenters. The molecular formula is C20H22N4O3S. The molecule has 7 nitrogen and oxygen atoms in total. The Morgan fingerprint density at radius 3 is 2.64 bits per heavy atom. The van der Waals surface area contributed by atoms with Crippen molar-refractivity contribution in [1.82, 2.24) is 20.3 Å². The summed E-state index contributed by atoms with van der Waals surface area (Å²) in [5, 5.41) is 14.7. The number of hydrogen-bond acceptors (Lipinski definition) is 7. The molecule has 146 valence electrons. The number of carbonyl (C=O) groups is 1. The van der Waals surface area contributed by atoms with Crippen LogP contribution in [0.15, 0.2) is 34.9 Å². The lowest BCUT2D eigenvalue weighted by Crippen LogP contribution is -2.38. The second-order valence-corrected chi connectivity index (χ2v) is 8.04. The van der Waals surface area contributed by atoms with Gasteiger partial charge in [0.15, 0.2) is 5.69 Å². The molecule has 1 aliphatic rings. The van der Waals surface area contributed by atoms with Gasteiger partial charge in [-0.25, -0.2) is 0 Å². The molecule has 1 amide bonds. The quantitative estimate of drug-likeness (QED) is 0.655. The molecule has 0 radical (unpaired) electrons. The largest absolute Gasteiger partial charge is 0.497 e. The highest BCUT2D eigenvalue weighted by atomic mass is 32.1. The van der Waals surface area contributed by atoms with Crippen LogP contribution in [-0.4, -0.2) is 46.4 Å². The van der Waals surface area contributed by atoms with Gasteiger partial charge in [0.1, 0.15) is 21.5 Å². The van der Waals surface area contributed by atoms with Crippen molar-refractivity contribution in [2.45, 2.75) is 32.1 Å². The number of rotatable bonds is 5. The third-order valence-corrected chi connectivity index (χ3v) is 6.06. The molecule has 1 fully saturated rings. The topological polar surface area (TPSA) is 81.4 Å². The first-order chi connectivity index (χ1) is 13.6. The van der Waals surface area contributed by atoms with Crippen molar-refractivity contribution in [3.63, 3.8) is 0 Å². The number of amides is 1. The molecule has 0 atom stereocenters. The second kappa shape index (κ2) is 8.10. The lowest BCUT2D eigenvalue weighted by molar-refractivity contribution is 0.0702. The van der Waals surface area contributed by atoms with E-state index in [-0.39, 0.29) is 5.91 Å². The number of likely N-dealkylation sites (tertiary alicyclic amines) is 1. The lowest BCUT2D eigenvalue weighted by Gasteiger charge is -2.30. The smallest absolute Gasteiger partial charge is 0.276 e. The highest BCUT2D eigenvalue weighted by molar-refractivity contribution is 7.11. The number of hydrogen-bond donors (Lipinski definition) is 0. The maximum Gasteiger partial charge on any atom is 0.276 e. The van der Waals surface area contributed by atoms with Gasteiger partial charge in [-0.2, -0.15) is 0 Å². The van der Waals surface area contributed by atoms with E-state index in [1.165, 1.54) is 5.56 Å². The fourth-order valence-electron chi connectivity index (χ4n) is 3.38. The van der Waals surface area contributed by atoms with Crippen LogP contribution in [0.2, 0.25) is 0 Å². The van der Waals surface area contributed by atoms with Gasteiger partial charge < -0.3 is 14.2 Å². The molecule has 8 heteroatoms. The summed E-state index contributed by atoms with van der Waals surface area (Å²) in [5.74, 6) is 1.79. The fraction of sp³-hybridized carbons (Fsp3) is 0.400. The van der Waals surface area contributed by atoms with Crippen LogP contribution in [-0.2, 0) is 6.42 Å². The van der Waals surface area contributed by atoms with E-state index < -0.39 is 0 Å². The monoisotopic (exact) mass is 398 g/mol. The fourth-order valence-corrected chi connectivity index (χ4v) is 4.43. The highest BCUT2D eigenvalue weighted by Crippen LogP contribution is 2.31. The van der Waals surface area contributed by atoms with Crippen molar-refractivity contribution in [2.24, 2.45) is 0 Å². The molecule has 0 bridgehead atoms. The number of benzene rings is 1. The molecule has 1 aromatic carbocycles. The Balaban J connectivity index is 1.34. The van der Waals surface area contributed by atoms with E-state index in [9.17, 15) is 4.79 Å². The third kappa shape index (κ3) is 4.06. The number of carbonyl (C=O) groups excluding carboxylic acids is 1. The maximum atomic E-state index is 12.5. The summed E-state index contributed by atoms with van der Waals surface area (Å²) >= 11 is 1.67. The lowest BCUT2D eigenvalue weighted by atomic mass is 9.97. The Morgan fingerprint density at radius 2 is 2.00 bits per heavy atom. The van der Waals surface area contributed by atoms with Gasteiger partial charge >= 0.3 is 0 Å². The van der Waals surface area contributed by atoms with Gasteiger partial charge in [0.05, 0.1) is 7.11 Å². The zero-order valence-electron chi connectivity index (χ0n) is 15.9. The van der Waals surface area contributed by atoms with Crippen molar-refractivity contribution >= 4 is 17.2 Å². The first kappa shape index (κ1) is 18.6. The van der Waals surface area contributed by atoms with Crippen LogP contribution in [0.4, 0.5) is 0 Å². The zero-order chi connectivity index (χ0) is 19.5. The van der Waals surface area contributed by atoms with Crippen LogP contribution in [0.5, 0.6) is 5.75 Å². The minimum atomic E-state index is -0.0623. The Kier molecular flexibility index (Phi) is 5.38. The molecule has 3 aromatic rings. The van der Waals surface area contributed by atoms with Crippen LogP contribution in [0.25, 0.3) is 0 Å². The van der Waals surface area contributed by atoms with Crippen LogP contribution < -0.4 is 4.74 Å². The Morgan fingerprint density at radius 1 is 1.25 bits per heavy atom. The van der Waals surface area contributed by atoms with Gasteiger partial charge in [-0.15, -0.1) is 21.5 Å². The number of piperidine rings is 1. The molecule has 0 N–H and O–H groups in total. The second-order valence-electron chi connectivity index (χ2n) is 6.95. The Bertz CT molecular complexity index is 943. The van der Waals surface area contributed by atoms with Crippen LogP contribution in [0.1, 0.15) is 50.6 Å². The van der Waals surface area contributed by atoms with Crippen molar-refractivity contribution in [1.29, 1.82) is 0 Å². The van der Waals surface area contributed by atoms with E-state index in [0.29, 0.717) is 30.5 Å². The predicted molar refractivity (Wildman–Crippen MR) is 105 cm³/mol. The molecular weight excluding hydrogens is 376 g/mol. The first-order valence-corrected chi connectivity index (χ1v) is 10.1. The summed E-state index contributed by atoms with van der Waals surface area (Å²) in [5.41, 5.74) is 1.57. The Hall–Kier alpha value is -2.74. The molecule has 1 saturated heterocycles. The molecule has 0 aliphatic carbocycles. The van der Waals surface area contributed by atoms with Gasteiger partial charge in [-0.3, -0.25) is 4.79 Å². The summed E-state index contributed by atoms with van der Waals surface area (Å²) in [4.78, 5) is 14.3. The average Bonchev–Trinajstić information content (AvgIpc) is 3.37. The number of nitrogens with zero attached hydrogens (tertiary/aromatic N) is 4. The minimum Gasteiger partial charge on any atom is -0.497 e. The summed E-state index contributed by atoms with van der Waals surface area (Å²) in [6.45, 7) is 3.18. The third-order valence-electron chi connectivity index (χ3n) is 4.98. The Labute approximate surface area is 167 Å². The molecule has 1 aliphatic heterocycles. The van der Waals surface area contributed by atoms with Crippen LogP contribution in [0.3, 0.4) is 0 Å². The summed E-state index contributed by atoms with van der Waals surface area (Å²) in [6.07, 6.45) is 2.55. The maximum absolute atomic E-state index is 12.5. The van der Waals surface area contributed by atoms with Gasteiger partial charge in [0, 0.05) is 31.5 Å². The average molecular weight is 398 g/mol. The van der Waals surface area contributed by atoms with E-state index in [1.54, 1.807) is 31.4 Å². The molecule has 3 heterocycles. The van der Waals surface area contributed by atoms with E-state index in [2.05, 4.69) is 27.5 Å². The van der Waals surface area contributed by atoms with Crippen LogP contribution in [0, 0.1) is 6.92 Å². The summed E-state index contributed by atoms with van der Waals surface area (Å²) in [6, 6.07) is 9.70. The molecule has 0 spiro atoms. The first-order valence-electron chi connectivity index (χ1n) is 9.30. The summed E-state index contributed by atoms with van der Waals surface area (Å²) in [7, 11) is 1.66. The summed E-state index contributed by atoms with van der Waals surface area (Å²) < 4.78 is 10.2. The zero-order valence-corrected chi connectivity index (χ0v) is 16.7. The van der Waals surface area contributed by atoms with Gasteiger partial charge in [-0.05, 0) is 37.5 Å². The van der Waals surface area contributed by atoms with Gasteiger partial charge in [0.2, 0.25) is 0 Å². The molecule has 4 rings (SSSR count). The number of ether oxygens (including phenoxy) is 1. The van der Waals surface area contributed by atoms with Crippen LogP contribution >= 0.6 is 11.3 Å². The van der Waals surface area contributed by atoms with E-state index in [4.69, 9.17) is 9.26 Å².